The maximum Gasteiger partial charge on any atom is 0.411 e. The standard InChI is InChI=1S/C7H4BrIN4O2/c8-3-2-13-4(9)1-11-5(13)6(12-3)15-7(10)14/h1-2H,(H2,10,14). The van der Waals surface area contributed by atoms with Crippen molar-refractivity contribution in [3.63, 3.8) is 0 Å². The smallest absolute Gasteiger partial charge is 0.387 e. The largest absolute Gasteiger partial charge is 0.411 e. The molecule has 0 spiro atoms. The van der Waals surface area contributed by atoms with Gasteiger partial charge < -0.3 is 10.5 Å². The maximum atomic E-state index is 10.6. The maximum absolute atomic E-state index is 10.6. The molecule has 0 aliphatic carbocycles. The van der Waals surface area contributed by atoms with Crippen LogP contribution in [-0.4, -0.2) is 20.5 Å². The summed E-state index contributed by atoms with van der Waals surface area (Å²) < 4.78 is 7.87. The highest BCUT2D eigenvalue weighted by Crippen LogP contribution is 2.21. The highest BCUT2D eigenvalue weighted by atomic mass is 127. The van der Waals surface area contributed by atoms with Crippen LogP contribution in [0.25, 0.3) is 5.65 Å². The minimum Gasteiger partial charge on any atom is -0.387 e. The van der Waals surface area contributed by atoms with Gasteiger partial charge in [-0.15, -0.1) is 0 Å². The summed E-state index contributed by atoms with van der Waals surface area (Å²) in [7, 11) is 0. The first kappa shape index (κ1) is 10.6. The average molecular weight is 383 g/mol. The molecule has 1 amide bonds. The number of halogens is 2. The normalized spacial score (nSPS) is 10.5. The van der Waals surface area contributed by atoms with E-state index >= 15 is 0 Å². The summed E-state index contributed by atoms with van der Waals surface area (Å²) in [5.41, 5.74) is 5.36. The van der Waals surface area contributed by atoms with E-state index < -0.39 is 6.09 Å². The van der Waals surface area contributed by atoms with Gasteiger partial charge in [-0.2, -0.15) is 0 Å². The lowest BCUT2D eigenvalue weighted by Crippen LogP contribution is -2.17. The van der Waals surface area contributed by atoms with Gasteiger partial charge in [-0.3, -0.25) is 4.40 Å². The van der Waals surface area contributed by atoms with Crippen molar-refractivity contribution in [2.45, 2.75) is 0 Å². The summed E-state index contributed by atoms with van der Waals surface area (Å²) in [5, 5.41) is 0. The Kier molecular flexibility index (Phi) is 2.78. The second-order valence-electron chi connectivity index (χ2n) is 2.56. The molecule has 0 aliphatic rings. The molecule has 0 atom stereocenters. The number of fused-ring (bicyclic) bond motifs is 1. The van der Waals surface area contributed by atoms with Gasteiger partial charge in [0.1, 0.15) is 8.30 Å². The fourth-order valence-corrected chi connectivity index (χ4v) is 1.94. The highest BCUT2D eigenvalue weighted by Gasteiger charge is 2.12. The number of rotatable bonds is 1. The Bertz CT molecular complexity index is 541. The SMILES string of the molecule is NC(=O)Oc1nc(Br)cn2c(I)cnc12. The third-order valence-electron chi connectivity index (χ3n) is 1.58. The second kappa shape index (κ2) is 3.93. The summed E-state index contributed by atoms with van der Waals surface area (Å²) >= 11 is 5.30. The zero-order chi connectivity index (χ0) is 11.0. The van der Waals surface area contributed by atoms with Gasteiger partial charge in [-0.25, -0.2) is 14.8 Å². The number of amides is 1. The molecule has 6 nitrogen and oxygen atoms in total. The van der Waals surface area contributed by atoms with Crippen LogP contribution in [0.5, 0.6) is 5.88 Å². The van der Waals surface area contributed by atoms with Gasteiger partial charge in [0, 0.05) is 6.20 Å². The van der Waals surface area contributed by atoms with Crippen LogP contribution in [0.2, 0.25) is 0 Å². The van der Waals surface area contributed by atoms with E-state index in [-0.39, 0.29) is 5.88 Å². The van der Waals surface area contributed by atoms with Crippen LogP contribution >= 0.6 is 38.5 Å². The predicted octanol–water partition coefficient (Wildman–Crippen LogP) is 1.55. The second-order valence-corrected chi connectivity index (χ2v) is 4.48. The lowest BCUT2D eigenvalue weighted by molar-refractivity contribution is 0.209. The van der Waals surface area contributed by atoms with E-state index in [1.165, 1.54) is 0 Å². The van der Waals surface area contributed by atoms with Gasteiger partial charge in [-0.05, 0) is 38.5 Å². The van der Waals surface area contributed by atoms with Crippen LogP contribution in [0.4, 0.5) is 4.79 Å². The van der Waals surface area contributed by atoms with Gasteiger partial charge in [-0.1, -0.05) is 0 Å². The molecule has 2 heterocycles. The van der Waals surface area contributed by atoms with Crippen molar-refractivity contribution in [3.8, 4) is 5.88 Å². The molecule has 2 aromatic rings. The molecule has 0 saturated heterocycles. The Morgan fingerprint density at radius 3 is 3.07 bits per heavy atom. The summed E-state index contributed by atoms with van der Waals surface area (Å²) in [6.45, 7) is 0. The van der Waals surface area contributed by atoms with Gasteiger partial charge in [0.05, 0.1) is 6.20 Å². The molecule has 0 radical (unpaired) electrons. The Balaban J connectivity index is 2.66. The molecule has 8 heteroatoms. The van der Waals surface area contributed by atoms with Gasteiger partial charge in [0.25, 0.3) is 5.88 Å². The molecular weight excluding hydrogens is 379 g/mol. The van der Waals surface area contributed by atoms with Crippen LogP contribution in [0, 0.1) is 3.70 Å². The molecule has 2 N–H and O–H groups in total. The number of aromatic nitrogens is 3. The Labute approximate surface area is 106 Å². The molecule has 0 fully saturated rings. The van der Waals surface area contributed by atoms with Gasteiger partial charge in [0.15, 0.2) is 0 Å². The van der Waals surface area contributed by atoms with Crippen molar-refractivity contribution in [2.24, 2.45) is 5.73 Å². The first-order valence-corrected chi connectivity index (χ1v) is 5.61. The van der Waals surface area contributed by atoms with E-state index in [1.54, 1.807) is 16.8 Å². The first-order chi connectivity index (χ1) is 7.08. The minimum atomic E-state index is -0.916. The summed E-state index contributed by atoms with van der Waals surface area (Å²) in [4.78, 5) is 18.6. The first-order valence-electron chi connectivity index (χ1n) is 3.74. The molecule has 2 rings (SSSR count). The zero-order valence-electron chi connectivity index (χ0n) is 7.15. The predicted molar refractivity (Wildman–Crippen MR) is 63.6 cm³/mol. The number of carbonyl (C=O) groups is 1. The number of hydrogen-bond acceptors (Lipinski definition) is 4. The third-order valence-corrected chi connectivity index (χ3v) is 2.76. The number of nitrogens with zero attached hydrogens (tertiary/aromatic N) is 3. The lowest BCUT2D eigenvalue weighted by Gasteiger charge is -2.02. The topological polar surface area (TPSA) is 82.5 Å². The Morgan fingerprint density at radius 2 is 2.40 bits per heavy atom. The van der Waals surface area contributed by atoms with Crippen molar-refractivity contribution in [3.05, 3.63) is 20.7 Å². The number of ether oxygens (including phenoxy) is 1. The van der Waals surface area contributed by atoms with Crippen molar-refractivity contribution in [2.75, 3.05) is 0 Å². The van der Waals surface area contributed by atoms with Gasteiger partial charge >= 0.3 is 6.09 Å². The summed E-state index contributed by atoms with van der Waals surface area (Å²) in [6.07, 6.45) is 2.44. The monoisotopic (exact) mass is 382 g/mol. The average Bonchev–Trinajstić information content (AvgIpc) is 2.47. The van der Waals surface area contributed by atoms with E-state index in [0.29, 0.717) is 10.3 Å². The fourth-order valence-electron chi connectivity index (χ4n) is 1.07. The Hall–Kier alpha value is -0.900. The van der Waals surface area contributed by atoms with Crippen molar-refractivity contribution in [1.82, 2.24) is 14.4 Å². The number of carbonyl (C=O) groups excluding carboxylic acids is 1. The summed E-state index contributed by atoms with van der Waals surface area (Å²) in [5.74, 6) is 0.0831. The summed E-state index contributed by atoms with van der Waals surface area (Å²) in [6, 6.07) is 0. The molecule has 15 heavy (non-hydrogen) atoms. The zero-order valence-corrected chi connectivity index (χ0v) is 10.9. The fraction of sp³-hybridized carbons (Fsp3) is 0. The van der Waals surface area contributed by atoms with E-state index in [1.807, 2.05) is 0 Å². The molecule has 0 saturated carbocycles. The number of hydrogen-bond donors (Lipinski definition) is 1. The van der Waals surface area contributed by atoms with E-state index in [9.17, 15) is 4.79 Å². The number of primary amides is 1. The van der Waals surface area contributed by atoms with Crippen LogP contribution in [0.3, 0.4) is 0 Å². The van der Waals surface area contributed by atoms with E-state index in [2.05, 4.69) is 48.5 Å². The molecule has 0 aliphatic heterocycles. The van der Waals surface area contributed by atoms with Crippen molar-refractivity contribution < 1.29 is 9.53 Å². The number of nitrogens with two attached hydrogens (primary N) is 1. The lowest BCUT2D eigenvalue weighted by atomic mass is 10.6. The Morgan fingerprint density at radius 1 is 1.67 bits per heavy atom. The van der Waals surface area contributed by atoms with E-state index in [4.69, 9.17) is 10.5 Å². The number of imidazole rings is 1. The van der Waals surface area contributed by atoms with E-state index in [0.717, 1.165) is 3.70 Å². The van der Waals surface area contributed by atoms with Crippen LogP contribution in [0.1, 0.15) is 0 Å². The highest BCUT2D eigenvalue weighted by molar-refractivity contribution is 14.1. The molecular formula is C7H4BrIN4O2. The van der Waals surface area contributed by atoms with Crippen LogP contribution in [0.15, 0.2) is 17.0 Å². The molecule has 0 bridgehead atoms. The molecule has 0 unspecified atom stereocenters. The van der Waals surface area contributed by atoms with Crippen LogP contribution in [-0.2, 0) is 0 Å². The van der Waals surface area contributed by atoms with Crippen LogP contribution < -0.4 is 10.5 Å². The van der Waals surface area contributed by atoms with Crippen molar-refractivity contribution in [1.29, 1.82) is 0 Å². The van der Waals surface area contributed by atoms with Gasteiger partial charge in [0.2, 0.25) is 5.65 Å². The quantitative estimate of drug-likeness (QED) is 0.758. The van der Waals surface area contributed by atoms with Crippen molar-refractivity contribution >= 4 is 50.3 Å². The molecule has 2 aromatic heterocycles. The third kappa shape index (κ3) is 2.04. The molecule has 0 aromatic carbocycles. The molecule has 78 valence electrons. The minimum absolute atomic E-state index is 0.0831.